The number of carbonyl (C=O) groups is 2. The highest BCUT2D eigenvalue weighted by atomic mass is 16.5. The molecule has 0 fully saturated rings. The van der Waals surface area contributed by atoms with Gasteiger partial charge in [-0.2, -0.15) is 0 Å². The van der Waals surface area contributed by atoms with E-state index >= 15 is 0 Å². The molecule has 0 saturated carbocycles. The van der Waals surface area contributed by atoms with Crippen LogP contribution < -0.4 is 10.1 Å². The first-order chi connectivity index (χ1) is 11.9. The van der Waals surface area contributed by atoms with E-state index in [0.717, 1.165) is 5.56 Å². The van der Waals surface area contributed by atoms with Gasteiger partial charge in [-0.25, -0.2) is 0 Å². The molecule has 0 bridgehead atoms. The lowest BCUT2D eigenvalue weighted by molar-refractivity contribution is -0.114. The Hall–Kier alpha value is -3.08. The summed E-state index contributed by atoms with van der Waals surface area (Å²) in [5.41, 5.74) is 1.33. The van der Waals surface area contributed by atoms with Crippen LogP contribution in [0.25, 0.3) is 6.08 Å². The number of benzene rings is 2. The van der Waals surface area contributed by atoms with Gasteiger partial charge in [0, 0.05) is 18.2 Å². The van der Waals surface area contributed by atoms with Crippen LogP contribution in [0, 0.1) is 0 Å². The van der Waals surface area contributed by atoms with Gasteiger partial charge in [0.15, 0.2) is 5.78 Å². The van der Waals surface area contributed by atoms with Gasteiger partial charge in [-0.3, -0.25) is 9.59 Å². The van der Waals surface area contributed by atoms with Crippen molar-refractivity contribution in [3.05, 3.63) is 59.7 Å². The molecule has 0 heterocycles. The van der Waals surface area contributed by atoms with Crippen LogP contribution in [0.3, 0.4) is 0 Å². The quantitative estimate of drug-likeness (QED) is 0.473. The van der Waals surface area contributed by atoms with Gasteiger partial charge in [-0.1, -0.05) is 18.2 Å². The summed E-state index contributed by atoms with van der Waals surface area (Å²) in [5, 5.41) is 12.5. The Balaban J connectivity index is 2.25. The number of amides is 1. The normalized spacial score (nSPS) is 10.9. The van der Waals surface area contributed by atoms with Gasteiger partial charge < -0.3 is 15.2 Å². The van der Waals surface area contributed by atoms with Gasteiger partial charge in [-0.05, 0) is 50.3 Å². The van der Waals surface area contributed by atoms with Crippen LogP contribution in [0.1, 0.15) is 36.7 Å². The van der Waals surface area contributed by atoms with E-state index in [1.54, 1.807) is 6.08 Å². The lowest BCUT2D eigenvalue weighted by Gasteiger charge is -2.12. The number of allylic oxidation sites excluding steroid dienone is 1. The zero-order chi connectivity index (χ0) is 18.4. The monoisotopic (exact) mass is 339 g/mol. The van der Waals surface area contributed by atoms with Crippen LogP contribution >= 0.6 is 0 Å². The Morgan fingerprint density at radius 3 is 2.56 bits per heavy atom. The fourth-order valence-corrected chi connectivity index (χ4v) is 2.25. The molecule has 5 nitrogen and oxygen atoms in total. The SMILES string of the molecule is CC(=O)Nc1ccc(O)c(C(=O)C=Cc2ccccc2OC(C)C)c1. The van der Waals surface area contributed by atoms with E-state index in [1.165, 1.54) is 31.2 Å². The molecule has 2 aromatic rings. The number of aromatic hydroxyl groups is 1. The summed E-state index contributed by atoms with van der Waals surface area (Å²) in [6, 6.07) is 11.7. The molecule has 0 aliphatic heterocycles. The van der Waals surface area contributed by atoms with Crippen molar-refractivity contribution in [1.82, 2.24) is 0 Å². The summed E-state index contributed by atoms with van der Waals surface area (Å²) in [6.45, 7) is 5.23. The first kappa shape index (κ1) is 18.3. The zero-order valence-corrected chi connectivity index (χ0v) is 14.4. The van der Waals surface area contributed by atoms with E-state index in [2.05, 4.69) is 5.32 Å². The summed E-state index contributed by atoms with van der Waals surface area (Å²) in [6.07, 6.45) is 3.03. The molecule has 2 N–H and O–H groups in total. The number of anilines is 1. The third-order valence-corrected chi connectivity index (χ3v) is 3.28. The third-order valence-electron chi connectivity index (χ3n) is 3.28. The minimum Gasteiger partial charge on any atom is -0.507 e. The number of phenols is 1. The topological polar surface area (TPSA) is 75.6 Å². The van der Waals surface area contributed by atoms with Crippen LogP contribution in [0.4, 0.5) is 5.69 Å². The van der Waals surface area contributed by atoms with Crippen molar-refractivity contribution < 1.29 is 19.4 Å². The van der Waals surface area contributed by atoms with Gasteiger partial charge in [0.05, 0.1) is 11.7 Å². The minimum atomic E-state index is -0.371. The minimum absolute atomic E-state index is 0.0173. The standard InChI is InChI=1S/C20H21NO4/c1-13(2)25-20-7-5-4-6-15(20)8-10-18(23)17-12-16(21-14(3)22)9-11-19(17)24/h4-13,24H,1-3H3,(H,21,22). The molecule has 0 aliphatic rings. The number of ketones is 1. The van der Waals surface area contributed by atoms with E-state index in [9.17, 15) is 14.7 Å². The maximum Gasteiger partial charge on any atom is 0.221 e. The van der Waals surface area contributed by atoms with Crippen molar-refractivity contribution in [2.75, 3.05) is 5.32 Å². The number of carbonyl (C=O) groups excluding carboxylic acids is 2. The predicted octanol–water partition coefficient (Wildman–Crippen LogP) is 4.03. The molecule has 0 atom stereocenters. The molecular weight excluding hydrogens is 318 g/mol. The average molecular weight is 339 g/mol. The molecule has 1 amide bonds. The highest BCUT2D eigenvalue weighted by Crippen LogP contribution is 2.24. The number of hydrogen-bond acceptors (Lipinski definition) is 4. The van der Waals surface area contributed by atoms with Gasteiger partial charge >= 0.3 is 0 Å². The molecule has 0 radical (unpaired) electrons. The largest absolute Gasteiger partial charge is 0.507 e. The van der Waals surface area contributed by atoms with Crippen molar-refractivity contribution in [2.24, 2.45) is 0 Å². The van der Waals surface area contributed by atoms with Crippen molar-refractivity contribution in [2.45, 2.75) is 26.9 Å². The Bertz CT molecular complexity index is 809. The molecule has 0 aliphatic carbocycles. The molecule has 5 heteroatoms. The second-order valence-corrected chi connectivity index (χ2v) is 5.82. The molecule has 25 heavy (non-hydrogen) atoms. The Morgan fingerprint density at radius 1 is 1.16 bits per heavy atom. The molecule has 0 spiro atoms. The molecule has 0 aromatic heterocycles. The lowest BCUT2D eigenvalue weighted by atomic mass is 10.1. The van der Waals surface area contributed by atoms with Crippen LogP contribution in [-0.2, 0) is 4.79 Å². The fraction of sp³-hybridized carbons (Fsp3) is 0.200. The number of nitrogens with one attached hydrogen (secondary N) is 1. The van der Waals surface area contributed by atoms with E-state index < -0.39 is 0 Å². The molecule has 2 rings (SSSR count). The maximum atomic E-state index is 12.4. The van der Waals surface area contributed by atoms with Crippen molar-refractivity contribution in [1.29, 1.82) is 0 Å². The van der Waals surface area contributed by atoms with Crippen LogP contribution in [0.5, 0.6) is 11.5 Å². The lowest BCUT2D eigenvalue weighted by Crippen LogP contribution is -2.07. The second kappa shape index (κ2) is 8.15. The van der Waals surface area contributed by atoms with E-state index in [4.69, 9.17) is 4.74 Å². The first-order valence-corrected chi connectivity index (χ1v) is 7.95. The molecule has 0 saturated heterocycles. The number of phenolic OH excluding ortho intramolecular Hbond substituents is 1. The van der Waals surface area contributed by atoms with Gasteiger partial charge in [0.1, 0.15) is 11.5 Å². The van der Waals surface area contributed by atoms with Crippen molar-refractivity contribution >= 4 is 23.5 Å². The van der Waals surface area contributed by atoms with Gasteiger partial charge in [0.2, 0.25) is 5.91 Å². The first-order valence-electron chi connectivity index (χ1n) is 7.95. The van der Waals surface area contributed by atoms with Crippen LogP contribution in [0.2, 0.25) is 0 Å². The summed E-state index contributed by atoms with van der Waals surface area (Å²) < 4.78 is 5.71. The molecule has 2 aromatic carbocycles. The second-order valence-electron chi connectivity index (χ2n) is 5.82. The highest BCUT2D eigenvalue weighted by Gasteiger charge is 2.11. The Kier molecular flexibility index (Phi) is 5.95. The molecule has 0 unspecified atom stereocenters. The van der Waals surface area contributed by atoms with Crippen molar-refractivity contribution in [3.8, 4) is 11.5 Å². The number of rotatable bonds is 6. The smallest absolute Gasteiger partial charge is 0.221 e. The average Bonchev–Trinajstić information content (AvgIpc) is 2.54. The van der Waals surface area contributed by atoms with Gasteiger partial charge in [0.25, 0.3) is 0 Å². The molecular formula is C20H21NO4. The van der Waals surface area contributed by atoms with Crippen molar-refractivity contribution in [3.63, 3.8) is 0 Å². The Morgan fingerprint density at radius 2 is 1.88 bits per heavy atom. The van der Waals surface area contributed by atoms with Crippen LogP contribution in [0.15, 0.2) is 48.5 Å². The number of hydrogen-bond donors (Lipinski definition) is 2. The van der Waals surface area contributed by atoms with Gasteiger partial charge in [-0.15, -0.1) is 0 Å². The summed E-state index contributed by atoms with van der Waals surface area (Å²) in [5.74, 6) is -0.0864. The van der Waals surface area contributed by atoms with E-state index in [0.29, 0.717) is 11.4 Å². The third kappa shape index (κ3) is 5.21. The zero-order valence-electron chi connectivity index (χ0n) is 14.4. The Labute approximate surface area is 146 Å². The highest BCUT2D eigenvalue weighted by molar-refractivity contribution is 6.09. The van der Waals surface area contributed by atoms with Crippen LogP contribution in [-0.4, -0.2) is 22.9 Å². The maximum absolute atomic E-state index is 12.4. The molecule has 130 valence electrons. The van der Waals surface area contributed by atoms with E-state index in [-0.39, 0.29) is 29.1 Å². The van der Waals surface area contributed by atoms with E-state index in [1.807, 2.05) is 38.1 Å². The number of ether oxygens (including phenoxy) is 1. The number of para-hydroxylation sites is 1. The fourth-order valence-electron chi connectivity index (χ4n) is 2.25. The summed E-state index contributed by atoms with van der Waals surface area (Å²) in [7, 11) is 0. The predicted molar refractivity (Wildman–Crippen MR) is 98.0 cm³/mol. The summed E-state index contributed by atoms with van der Waals surface area (Å²) >= 11 is 0. The summed E-state index contributed by atoms with van der Waals surface area (Å²) in [4.78, 5) is 23.5.